The molecule has 3 heterocycles. The second kappa shape index (κ2) is 13.5. The van der Waals surface area contributed by atoms with E-state index in [-0.39, 0.29) is 44.9 Å². The van der Waals surface area contributed by atoms with Crippen molar-refractivity contribution in [2.75, 3.05) is 6.54 Å². The van der Waals surface area contributed by atoms with Crippen molar-refractivity contribution in [2.24, 2.45) is 11.7 Å². The van der Waals surface area contributed by atoms with Crippen LogP contribution in [0.4, 0.5) is 4.79 Å². The quantitative estimate of drug-likeness (QED) is 0.399. The van der Waals surface area contributed by atoms with Gasteiger partial charge in [-0.1, -0.05) is 48.2 Å². The summed E-state index contributed by atoms with van der Waals surface area (Å²) in [7, 11) is -3.85. The molecule has 4 N–H and O–H groups in total. The summed E-state index contributed by atoms with van der Waals surface area (Å²) in [5.41, 5.74) is 6.29. The van der Waals surface area contributed by atoms with Crippen LogP contribution in [0.2, 0.25) is 10.0 Å². The third-order valence-corrected chi connectivity index (χ3v) is 12.0. The minimum Gasteiger partial charge on any atom is -0.444 e. The van der Waals surface area contributed by atoms with Crippen LogP contribution in [-0.4, -0.2) is 77.6 Å². The Bertz CT molecular complexity index is 1520. The van der Waals surface area contributed by atoms with Crippen LogP contribution in [0.5, 0.6) is 0 Å². The van der Waals surface area contributed by atoms with Gasteiger partial charge in [-0.2, -0.15) is 0 Å². The molecule has 12 nitrogen and oxygen atoms in total. The normalized spacial score (nSPS) is 30.4. The second-order valence-electron chi connectivity index (χ2n) is 12.7. The van der Waals surface area contributed by atoms with Crippen molar-refractivity contribution >= 4 is 69.4 Å². The molecule has 5 aliphatic rings. The lowest BCUT2D eigenvalue weighted by Gasteiger charge is -2.28. The van der Waals surface area contributed by atoms with E-state index in [9.17, 15) is 27.6 Å². The topological polar surface area (TPSA) is 168 Å². The van der Waals surface area contributed by atoms with E-state index >= 15 is 0 Å². The molecule has 3 fully saturated rings. The number of sulfonamides is 1. The molecule has 0 bridgehead atoms. The number of nitrogens with zero attached hydrogens (tertiary/aromatic N) is 2. The number of nitrogens with two attached hydrogens (primary N) is 1. The maximum Gasteiger partial charge on any atom is 0.410 e. The van der Waals surface area contributed by atoms with Gasteiger partial charge in [-0.25, -0.2) is 13.2 Å². The molecule has 1 saturated heterocycles. The van der Waals surface area contributed by atoms with Crippen molar-refractivity contribution in [1.82, 2.24) is 19.8 Å². The largest absolute Gasteiger partial charge is 0.444 e. The highest BCUT2D eigenvalue weighted by atomic mass is 35.5. The lowest BCUT2D eigenvalue weighted by atomic mass is 10.1. The number of benzene rings is 1. The van der Waals surface area contributed by atoms with Crippen molar-refractivity contribution in [1.29, 1.82) is 0 Å². The molecule has 1 aromatic rings. The van der Waals surface area contributed by atoms with Gasteiger partial charge < -0.3 is 20.7 Å². The fourth-order valence-corrected chi connectivity index (χ4v) is 8.34. The van der Waals surface area contributed by atoms with E-state index in [1.807, 2.05) is 12.2 Å². The van der Waals surface area contributed by atoms with Gasteiger partial charge in [-0.05, 0) is 61.8 Å². The Morgan fingerprint density at radius 2 is 1.72 bits per heavy atom. The molecule has 0 spiro atoms. The summed E-state index contributed by atoms with van der Waals surface area (Å²) in [6.45, 7) is 0.347. The molecule has 0 radical (unpaired) electrons. The number of nitrogens with one attached hydrogen (secondary N) is 2. The number of amides is 4. The molecule has 5 atom stereocenters. The van der Waals surface area contributed by atoms with Crippen molar-refractivity contribution in [3.05, 3.63) is 45.5 Å². The minimum absolute atomic E-state index is 0. The Morgan fingerprint density at radius 3 is 2.37 bits per heavy atom. The van der Waals surface area contributed by atoms with Gasteiger partial charge in [0.1, 0.15) is 17.7 Å². The smallest absolute Gasteiger partial charge is 0.410 e. The Kier molecular flexibility index (Phi) is 10.2. The summed E-state index contributed by atoms with van der Waals surface area (Å²) in [6.07, 6.45) is 7.09. The van der Waals surface area contributed by atoms with E-state index in [2.05, 4.69) is 10.0 Å². The average Bonchev–Trinajstić information content (AvgIpc) is 3.87. The Hall–Kier alpha value is -2.58. The van der Waals surface area contributed by atoms with Crippen LogP contribution in [0, 0.1) is 5.92 Å². The van der Waals surface area contributed by atoms with Gasteiger partial charge >= 0.3 is 6.09 Å². The predicted molar refractivity (Wildman–Crippen MR) is 173 cm³/mol. The summed E-state index contributed by atoms with van der Waals surface area (Å²) in [5, 5.41) is 3.16. The Labute approximate surface area is 284 Å². The highest BCUT2D eigenvalue weighted by Crippen LogP contribution is 2.46. The van der Waals surface area contributed by atoms with E-state index in [1.165, 1.54) is 9.80 Å². The SMILES string of the molecule is Cl.N[C@H]1CCCCC/C=C\[C@@H]2C[C@@]2(C(=O)NS(=O)(=O)C2CC2)NC(=O)[C@@H]2C[C@@H](OC(=O)N3Cc4c(Cl)ccc(Cl)c4C3)CN2C1=O. The molecule has 3 aliphatic heterocycles. The third-order valence-electron chi connectivity index (χ3n) is 9.42. The third kappa shape index (κ3) is 6.99. The van der Waals surface area contributed by atoms with Crippen molar-refractivity contribution in [2.45, 2.75) is 99.9 Å². The first kappa shape index (κ1) is 34.7. The second-order valence-corrected chi connectivity index (χ2v) is 15.5. The van der Waals surface area contributed by atoms with Crippen molar-refractivity contribution < 1.29 is 32.3 Å². The number of halogens is 3. The van der Waals surface area contributed by atoms with E-state index in [1.54, 1.807) is 12.1 Å². The van der Waals surface area contributed by atoms with Crippen molar-refractivity contribution in [3.63, 3.8) is 0 Å². The van der Waals surface area contributed by atoms with Crippen LogP contribution < -0.4 is 15.8 Å². The molecule has 0 aromatic heterocycles. The fourth-order valence-electron chi connectivity index (χ4n) is 6.50. The van der Waals surface area contributed by atoms with Crippen molar-refractivity contribution in [3.8, 4) is 0 Å². The molecule has 4 amide bonds. The van der Waals surface area contributed by atoms with E-state index in [0.29, 0.717) is 29.3 Å². The van der Waals surface area contributed by atoms with E-state index in [0.717, 1.165) is 36.8 Å². The molecule has 16 heteroatoms. The molecule has 2 aliphatic carbocycles. The van der Waals surface area contributed by atoms with Gasteiger partial charge in [0.05, 0.1) is 30.9 Å². The van der Waals surface area contributed by atoms with Gasteiger partial charge in [0, 0.05) is 22.4 Å². The van der Waals surface area contributed by atoms with Gasteiger partial charge in [0.15, 0.2) is 0 Å². The van der Waals surface area contributed by atoms with Crippen LogP contribution in [0.3, 0.4) is 0 Å². The molecule has 2 saturated carbocycles. The monoisotopic (exact) mass is 717 g/mol. The number of carbonyl (C=O) groups is 4. The average molecular weight is 719 g/mol. The predicted octanol–water partition coefficient (Wildman–Crippen LogP) is 3.17. The zero-order chi connectivity index (χ0) is 32.1. The highest BCUT2D eigenvalue weighted by molar-refractivity contribution is 7.91. The number of rotatable bonds is 4. The van der Waals surface area contributed by atoms with Crippen LogP contribution in [0.1, 0.15) is 68.9 Å². The number of ether oxygens (including phenoxy) is 1. The molecule has 0 unspecified atom stereocenters. The number of allylic oxidation sites excluding steroid dienone is 1. The van der Waals surface area contributed by atoms with Gasteiger partial charge in [-0.3, -0.25) is 24.0 Å². The lowest BCUT2D eigenvalue weighted by Crippen LogP contribution is -2.57. The number of hydrogen-bond donors (Lipinski definition) is 3. The van der Waals surface area contributed by atoms with Crippen LogP contribution in [-0.2, 0) is 42.2 Å². The summed E-state index contributed by atoms with van der Waals surface area (Å²) < 4.78 is 33.2. The first-order chi connectivity index (χ1) is 21.4. The summed E-state index contributed by atoms with van der Waals surface area (Å²) in [4.78, 5) is 56.9. The zero-order valence-corrected chi connectivity index (χ0v) is 28.2. The number of hydrogen-bond acceptors (Lipinski definition) is 8. The zero-order valence-electron chi connectivity index (χ0n) is 25.1. The van der Waals surface area contributed by atoms with Crippen LogP contribution >= 0.6 is 35.6 Å². The van der Waals surface area contributed by atoms with E-state index < -0.39 is 68.7 Å². The Morgan fingerprint density at radius 1 is 1.04 bits per heavy atom. The first-order valence-corrected chi connectivity index (χ1v) is 17.7. The summed E-state index contributed by atoms with van der Waals surface area (Å²) in [5.74, 6) is -2.27. The molecule has 46 heavy (non-hydrogen) atoms. The maximum absolute atomic E-state index is 13.9. The first-order valence-electron chi connectivity index (χ1n) is 15.4. The molecular weight excluding hydrogens is 681 g/mol. The Balaban J connectivity index is 0.00000417. The number of fused-ring (bicyclic) bond motifs is 3. The minimum atomic E-state index is -3.85. The summed E-state index contributed by atoms with van der Waals surface area (Å²) in [6, 6.07) is 1.40. The highest BCUT2D eigenvalue weighted by Gasteiger charge is 2.62. The van der Waals surface area contributed by atoms with Gasteiger partial charge in [0.25, 0.3) is 5.91 Å². The molecule has 1 aromatic carbocycles. The maximum atomic E-state index is 13.9. The summed E-state index contributed by atoms with van der Waals surface area (Å²) >= 11 is 12.6. The van der Waals surface area contributed by atoms with Gasteiger partial charge in [0.2, 0.25) is 21.8 Å². The van der Waals surface area contributed by atoms with Gasteiger partial charge in [-0.15, -0.1) is 12.4 Å². The van der Waals surface area contributed by atoms with Crippen LogP contribution in [0.25, 0.3) is 0 Å². The molecule has 252 valence electrons. The fraction of sp³-hybridized carbons (Fsp3) is 0.600. The molecule has 6 rings (SSSR count). The van der Waals surface area contributed by atoms with Crippen LogP contribution in [0.15, 0.2) is 24.3 Å². The molecular formula is C30H38Cl3N5O7S. The lowest BCUT2D eigenvalue weighted by molar-refractivity contribution is -0.140. The number of carbonyl (C=O) groups excluding carboxylic acids is 4. The standard InChI is InChI=1S/C30H37Cl2N5O7S.ClH/c31-22-10-11-23(32)21-16-36(15-20(21)22)29(41)44-18-12-25-26(38)34-30(28(40)35-45(42,43)19-8-9-19)13-17(30)6-4-2-1-3-5-7-24(33)27(39)37(25)14-18;/h4,6,10-11,17-19,24-25H,1-3,5,7-9,12-16,33H2,(H,34,38)(H,35,40);1H/b6-4-;/t17-,18-,24+,25+,30-;/m1./s1. The van der Waals surface area contributed by atoms with E-state index in [4.69, 9.17) is 33.7 Å².